The maximum absolute atomic E-state index is 12.5. The molecule has 0 saturated carbocycles. The molecule has 2 heterocycles. The van der Waals surface area contributed by atoms with E-state index in [9.17, 15) is 18.0 Å². The SMILES string of the molecule is [2H]N([2H])C(=O)OCc1cnc2[nH]c(C(F)(F)F)cc2c1. The Bertz CT molecular complexity index is 642. The van der Waals surface area contributed by atoms with Gasteiger partial charge in [0.1, 0.15) is 17.9 Å². The number of aromatic amines is 1. The van der Waals surface area contributed by atoms with E-state index in [-0.39, 0.29) is 23.4 Å². The summed E-state index contributed by atoms with van der Waals surface area (Å²) in [4.78, 5) is 16.8. The third-order valence-electron chi connectivity index (χ3n) is 2.19. The van der Waals surface area contributed by atoms with Crippen LogP contribution < -0.4 is 5.72 Å². The number of nitrogens with zero attached hydrogens (tertiary/aromatic N) is 1. The summed E-state index contributed by atoms with van der Waals surface area (Å²) in [5, 5.41) is 0.222. The maximum atomic E-state index is 12.5. The van der Waals surface area contributed by atoms with Crippen molar-refractivity contribution in [3.8, 4) is 0 Å². The van der Waals surface area contributed by atoms with Crippen LogP contribution in [0.15, 0.2) is 18.3 Å². The van der Waals surface area contributed by atoms with Crippen LogP contribution in [-0.4, -0.2) is 16.1 Å². The van der Waals surface area contributed by atoms with Gasteiger partial charge in [0.05, 0.1) is 0 Å². The van der Waals surface area contributed by atoms with Crippen LogP contribution in [0.3, 0.4) is 0 Å². The van der Waals surface area contributed by atoms with E-state index < -0.39 is 18.0 Å². The number of nitrogens with two attached hydrogens (primary N) is 1. The number of hydrogen-bond donors (Lipinski definition) is 2. The number of alkyl halides is 3. The quantitative estimate of drug-likeness (QED) is 0.869. The molecule has 0 saturated heterocycles. The van der Waals surface area contributed by atoms with Crippen molar-refractivity contribution in [3.63, 3.8) is 0 Å². The monoisotopic (exact) mass is 261 g/mol. The Labute approximate surface area is 102 Å². The Morgan fingerprint density at radius 2 is 2.33 bits per heavy atom. The number of ether oxygens (including phenoxy) is 1. The number of aromatic nitrogens is 2. The molecule has 8 heteroatoms. The molecule has 0 spiro atoms. The van der Waals surface area contributed by atoms with Crippen molar-refractivity contribution in [1.82, 2.24) is 9.97 Å². The molecule has 18 heavy (non-hydrogen) atoms. The first-order valence-corrected chi connectivity index (χ1v) is 4.77. The van der Waals surface area contributed by atoms with Crippen LogP contribution in [0.4, 0.5) is 18.0 Å². The first-order valence-electron chi connectivity index (χ1n) is 5.66. The normalized spacial score (nSPS) is 13.1. The lowest BCUT2D eigenvalue weighted by molar-refractivity contribution is -0.140. The van der Waals surface area contributed by atoms with Crippen LogP contribution in [0.25, 0.3) is 11.0 Å². The molecule has 0 aromatic carbocycles. The molecule has 0 aliphatic heterocycles. The van der Waals surface area contributed by atoms with E-state index in [1.165, 1.54) is 12.3 Å². The standard InChI is InChI=1S/C10H8F3N3O2/c11-10(12,13)7-2-6-1-5(4-18-9(14)17)3-15-8(6)16-7/h1-3H,4H2,(H2,14,17)(H,15,16)/i/hD2. The molecule has 96 valence electrons. The third kappa shape index (κ3) is 2.53. The second-order valence-electron chi connectivity index (χ2n) is 3.52. The molecule has 0 bridgehead atoms. The van der Waals surface area contributed by atoms with Gasteiger partial charge in [-0.2, -0.15) is 13.2 Å². The van der Waals surface area contributed by atoms with Gasteiger partial charge in [-0.25, -0.2) is 9.78 Å². The number of primary amides is 1. The van der Waals surface area contributed by atoms with Crippen molar-refractivity contribution in [2.45, 2.75) is 12.8 Å². The Morgan fingerprint density at radius 3 is 3.00 bits per heavy atom. The van der Waals surface area contributed by atoms with Crippen molar-refractivity contribution in [1.29, 1.82) is 0 Å². The molecule has 0 atom stereocenters. The predicted octanol–water partition coefficient (Wildman–Crippen LogP) is 2.18. The van der Waals surface area contributed by atoms with Crippen molar-refractivity contribution in [2.24, 2.45) is 5.72 Å². The molecule has 1 amide bonds. The van der Waals surface area contributed by atoms with Gasteiger partial charge in [-0.05, 0) is 12.1 Å². The summed E-state index contributed by atoms with van der Waals surface area (Å²) in [6.45, 7) is -0.289. The van der Waals surface area contributed by atoms with E-state index in [0.29, 0.717) is 5.56 Å². The fourth-order valence-electron chi connectivity index (χ4n) is 1.44. The second-order valence-corrected chi connectivity index (χ2v) is 3.52. The molecule has 0 fully saturated rings. The van der Waals surface area contributed by atoms with Gasteiger partial charge in [0.2, 0.25) is 0 Å². The second kappa shape index (κ2) is 4.21. The fourth-order valence-corrected chi connectivity index (χ4v) is 1.44. The number of fused-ring (bicyclic) bond motifs is 1. The molecule has 0 unspecified atom stereocenters. The van der Waals surface area contributed by atoms with E-state index >= 15 is 0 Å². The van der Waals surface area contributed by atoms with Gasteiger partial charge in [-0.3, -0.25) is 0 Å². The minimum absolute atomic E-state index is 0.0648. The van der Waals surface area contributed by atoms with E-state index in [2.05, 4.69) is 14.7 Å². The molecule has 0 radical (unpaired) electrons. The molecule has 0 aliphatic rings. The number of nitrogens with one attached hydrogen (secondary N) is 1. The number of hydrogen-bond acceptors (Lipinski definition) is 3. The van der Waals surface area contributed by atoms with Crippen LogP contribution in [0.1, 0.15) is 11.3 Å². The lowest BCUT2D eigenvalue weighted by Crippen LogP contribution is -2.12. The molecular weight excluding hydrogens is 251 g/mol. The Morgan fingerprint density at radius 1 is 1.56 bits per heavy atom. The summed E-state index contributed by atoms with van der Waals surface area (Å²) in [5.41, 5.74) is -0.752. The van der Waals surface area contributed by atoms with Crippen LogP contribution in [0, 0.1) is 0 Å². The van der Waals surface area contributed by atoms with E-state index in [1.54, 1.807) is 0 Å². The van der Waals surface area contributed by atoms with E-state index in [1.807, 2.05) is 0 Å². The number of H-pyrrole nitrogens is 1. The number of carbonyl (C=O) groups excluding carboxylic acids is 1. The summed E-state index contributed by atoms with van der Waals surface area (Å²) < 4.78 is 55.3. The zero-order valence-corrected chi connectivity index (χ0v) is 8.78. The largest absolute Gasteiger partial charge is 0.445 e. The summed E-state index contributed by atoms with van der Waals surface area (Å²) in [7, 11) is 0. The number of pyridine rings is 1. The highest BCUT2D eigenvalue weighted by molar-refractivity contribution is 5.77. The van der Waals surface area contributed by atoms with E-state index in [0.717, 1.165) is 6.07 Å². The highest BCUT2D eigenvalue weighted by Crippen LogP contribution is 2.30. The summed E-state index contributed by atoms with van der Waals surface area (Å²) >= 11 is 0. The van der Waals surface area contributed by atoms with Gasteiger partial charge in [0, 0.05) is 17.1 Å². The van der Waals surface area contributed by atoms with Gasteiger partial charge in [0.25, 0.3) is 0 Å². The highest BCUT2D eigenvalue weighted by Gasteiger charge is 2.32. The molecule has 3 N–H and O–H groups in total. The topological polar surface area (TPSA) is 81.0 Å². The molecule has 2 aromatic rings. The summed E-state index contributed by atoms with van der Waals surface area (Å²) in [6, 6.07) is 2.27. The predicted molar refractivity (Wildman–Crippen MR) is 55.5 cm³/mol. The Balaban J connectivity index is 2.19. The minimum atomic E-state index is -4.50. The first kappa shape index (κ1) is 9.75. The molecule has 2 aromatic heterocycles. The van der Waals surface area contributed by atoms with Crippen molar-refractivity contribution in [3.05, 3.63) is 29.6 Å². The lowest BCUT2D eigenvalue weighted by Gasteiger charge is -2.00. The van der Waals surface area contributed by atoms with Crippen molar-refractivity contribution in [2.75, 3.05) is 0 Å². The molecule has 5 nitrogen and oxygen atoms in total. The van der Waals surface area contributed by atoms with Gasteiger partial charge in [-0.1, -0.05) is 0 Å². The smallest absolute Gasteiger partial charge is 0.431 e. The third-order valence-corrected chi connectivity index (χ3v) is 2.19. The van der Waals surface area contributed by atoms with Crippen molar-refractivity contribution < 1.29 is 25.5 Å². The summed E-state index contributed by atoms with van der Waals surface area (Å²) in [5.74, 6) is 0. The van der Waals surface area contributed by atoms with Crippen LogP contribution in [0.5, 0.6) is 0 Å². The van der Waals surface area contributed by atoms with Gasteiger partial charge in [-0.15, -0.1) is 0 Å². The van der Waals surface area contributed by atoms with Crippen LogP contribution >= 0.6 is 0 Å². The van der Waals surface area contributed by atoms with Crippen LogP contribution in [0.2, 0.25) is 2.82 Å². The number of halogens is 3. The Hall–Kier alpha value is -2.25. The fraction of sp³-hybridized carbons (Fsp3) is 0.200. The number of amides is 1. The molecular formula is C10H8F3N3O2. The maximum Gasteiger partial charge on any atom is 0.431 e. The Kier molecular flexibility index (Phi) is 2.28. The average Bonchev–Trinajstić information content (AvgIpc) is 2.78. The van der Waals surface area contributed by atoms with E-state index in [4.69, 9.17) is 2.82 Å². The molecule has 0 aliphatic carbocycles. The zero-order valence-electron chi connectivity index (χ0n) is 10.8. The number of rotatable bonds is 2. The van der Waals surface area contributed by atoms with Crippen LogP contribution in [-0.2, 0) is 17.5 Å². The highest BCUT2D eigenvalue weighted by atomic mass is 19.4. The van der Waals surface area contributed by atoms with Gasteiger partial charge in [0.15, 0.2) is 2.82 Å². The number of carbonyl (C=O) groups is 1. The first-order chi connectivity index (χ1) is 9.27. The molecule has 2 rings (SSSR count). The zero-order chi connectivity index (χ0) is 14.9. The average molecular weight is 261 g/mol. The van der Waals surface area contributed by atoms with Gasteiger partial charge < -0.3 is 15.4 Å². The lowest BCUT2D eigenvalue weighted by atomic mass is 10.2. The van der Waals surface area contributed by atoms with Gasteiger partial charge >= 0.3 is 12.3 Å². The van der Waals surface area contributed by atoms with Crippen molar-refractivity contribution >= 4 is 17.1 Å². The minimum Gasteiger partial charge on any atom is -0.445 e. The summed E-state index contributed by atoms with van der Waals surface area (Å²) in [6.07, 6.45) is -4.45.